The van der Waals surface area contributed by atoms with E-state index in [4.69, 9.17) is 0 Å². The first kappa shape index (κ1) is 12.2. The molecule has 0 bridgehead atoms. The molecular weight excluding hydrogens is 260 g/mol. The van der Waals surface area contributed by atoms with Crippen molar-refractivity contribution >= 4 is 27.3 Å². The highest BCUT2D eigenvalue weighted by atomic mass is 79.9. The molecule has 0 aromatic carbocycles. The van der Waals surface area contributed by atoms with Crippen LogP contribution in [-0.2, 0) is 6.42 Å². The SMILES string of the molecule is CCCC(O)CCCc1sccc1Br. The van der Waals surface area contributed by atoms with Gasteiger partial charge < -0.3 is 5.11 Å². The number of rotatable bonds is 6. The summed E-state index contributed by atoms with van der Waals surface area (Å²) in [5, 5.41) is 11.6. The predicted molar refractivity (Wildman–Crippen MR) is 65.9 cm³/mol. The standard InChI is InChI=1S/C11H17BrOS/c1-2-4-9(13)5-3-6-11-10(12)7-8-14-11/h7-9,13H,2-6H2,1H3. The molecule has 1 atom stereocenters. The van der Waals surface area contributed by atoms with Crippen molar-refractivity contribution in [2.45, 2.75) is 45.1 Å². The summed E-state index contributed by atoms with van der Waals surface area (Å²) in [6.45, 7) is 2.11. The van der Waals surface area contributed by atoms with E-state index in [2.05, 4.69) is 34.3 Å². The van der Waals surface area contributed by atoms with Crippen molar-refractivity contribution in [2.75, 3.05) is 0 Å². The summed E-state index contributed by atoms with van der Waals surface area (Å²) in [6.07, 6.45) is 5.01. The highest BCUT2D eigenvalue weighted by Crippen LogP contribution is 2.24. The molecule has 0 spiro atoms. The number of aliphatic hydroxyl groups is 1. The maximum atomic E-state index is 9.54. The first-order chi connectivity index (χ1) is 6.74. The minimum absolute atomic E-state index is 0.0984. The number of thiophene rings is 1. The Hall–Kier alpha value is 0.140. The van der Waals surface area contributed by atoms with Crippen LogP contribution >= 0.6 is 27.3 Å². The summed E-state index contributed by atoms with van der Waals surface area (Å²) in [7, 11) is 0. The Balaban J connectivity index is 2.19. The van der Waals surface area contributed by atoms with Crippen molar-refractivity contribution in [1.82, 2.24) is 0 Å². The van der Waals surface area contributed by atoms with Gasteiger partial charge in [-0.15, -0.1) is 11.3 Å². The van der Waals surface area contributed by atoms with Crippen LogP contribution in [0.25, 0.3) is 0 Å². The third-order valence-electron chi connectivity index (χ3n) is 2.25. The van der Waals surface area contributed by atoms with Crippen LogP contribution in [0.2, 0.25) is 0 Å². The number of aryl methyl sites for hydroxylation is 1. The quantitative estimate of drug-likeness (QED) is 0.833. The zero-order valence-corrected chi connectivity index (χ0v) is 10.9. The number of hydrogen-bond acceptors (Lipinski definition) is 2. The van der Waals surface area contributed by atoms with E-state index in [1.807, 2.05) is 0 Å². The molecule has 1 aromatic heterocycles. The number of halogens is 1. The first-order valence-corrected chi connectivity index (χ1v) is 6.81. The van der Waals surface area contributed by atoms with Gasteiger partial charge in [-0.25, -0.2) is 0 Å². The molecule has 1 unspecified atom stereocenters. The van der Waals surface area contributed by atoms with Gasteiger partial charge in [0.2, 0.25) is 0 Å². The summed E-state index contributed by atoms with van der Waals surface area (Å²) >= 11 is 5.30. The number of hydrogen-bond donors (Lipinski definition) is 1. The maximum Gasteiger partial charge on any atom is 0.0540 e. The average molecular weight is 277 g/mol. The molecule has 0 fully saturated rings. The first-order valence-electron chi connectivity index (χ1n) is 5.14. The van der Waals surface area contributed by atoms with Crippen LogP contribution in [0.5, 0.6) is 0 Å². The van der Waals surface area contributed by atoms with E-state index >= 15 is 0 Å². The molecule has 14 heavy (non-hydrogen) atoms. The zero-order chi connectivity index (χ0) is 10.4. The third kappa shape index (κ3) is 4.11. The molecule has 1 rings (SSSR count). The maximum absolute atomic E-state index is 9.54. The van der Waals surface area contributed by atoms with E-state index in [0.29, 0.717) is 0 Å². The highest BCUT2D eigenvalue weighted by Gasteiger charge is 2.04. The lowest BCUT2D eigenvalue weighted by atomic mass is 10.1. The molecule has 0 amide bonds. The molecule has 0 aliphatic carbocycles. The largest absolute Gasteiger partial charge is 0.393 e. The van der Waals surface area contributed by atoms with Crippen molar-refractivity contribution in [1.29, 1.82) is 0 Å². The molecule has 0 aliphatic rings. The number of aliphatic hydroxyl groups excluding tert-OH is 1. The highest BCUT2D eigenvalue weighted by molar-refractivity contribution is 9.10. The molecule has 0 aliphatic heterocycles. The molecule has 1 nitrogen and oxygen atoms in total. The Morgan fingerprint density at radius 1 is 1.50 bits per heavy atom. The minimum atomic E-state index is -0.0984. The topological polar surface area (TPSA) is 20.2 Å². The Morgan fingerprint density at radius 2 is 2.29 bits per heavy atom. The van der Waals surface area contributed by atoms with Gasteiger partial charge >= 0.3 is 0 Å². The zero-order valence-electron chi connectivity index (χ0n) is 8.50. The van der Waals surface area contributed by atoms with Crippen LogP contribution in [0.1, 0.15) is 37.5 Å². The Kier molecular flexibility index (Phi) is 5.75. The predicted octanol–water partition coefficient (Wildman–Crippen LogP) is 3.99. The summed E-state index contributed by atoms with van der Waals surface area (Å²) in [5.41, 5.74) is 0. The van der Waals surface area contributed by atoms with Crippen molar-refractivity contribution < 1.29 is 5.11 Å². The van der Waals surface area contributed by atoms with E-state index in [1.165, 1.54) is 9.35 Å². The Morgan fingerprint density at radius 3 is 2.86 bits per heavy atom. The van der Waals surface area contributed by atoms with Gasteiger partial charge in [-0.1, -0.05) is 13.3 Å². The Bertz CT molecular complexity index is 260. The van der Waals surface area contributed by atoms with Gasteiger partial charge in [0, 0.05) is 9.35 Å². The second-order valence-corrected chi connectivity index (χ2v) is 5.38. The summed E-state index contributed by atoms with van der Waals surface area (Å²) in [4.78, 5) is 1.40. The lowest BCUT2D eigenvalue weighted by molar-refractivity contribution is 0.151. The molecule has 1 heterocycles. The van der Waals surface area contributed by atoms with Crippen LogP contribution in [-0.4, -0.2) is 11.2 Å². The van der Waals surface area contributed by atoms with E-state index < -0.39 is 0 Å². The normalized spacial score (nSPS) is 13.1. The monoisotopic (exact) mass is 276 g/mol. The molecule has 80 valence electrons. The average Bonchev–Trinajstić information content (AvgIpc) is 2.52. The molecule has 0 saturated carbocycles. The smallest absolute Gasteiger partial charge is 0.0540 e. The van der Waals surface area contributed by atoms with Crippen LogP contribution in [0, 0.1) is 0 Å². The van der Waals surface area contributed by atoms with Crippen molar-refractivity contribution in [2.24, 2.45) is 0 Å². The van der Waals surface area contributed by atoms with Crippen molar-refractivity contribution in [3.8, 4) is 0 Å². The molecule has 0 radical (unpaired) electrons. The van der Waals surface area contributed by atoms with Gasteiger partial charge in [-0.2, -0.15) is 0 Å². The lowest BCUT2D eigenvalue weighted by Gasteiger charge is -2.07. The fraction of sp³-hybridized carbons (Fsp3) is 0.636. The second-order valence-electron chi connectivity index (χ2n) is 3.53. The summed E-state index contributed by atoms with van der Waals surface area (Å²) in [6, 6.07) is 2.09. The third-order valence-corrected chi connectivity index (χ3v) is 4.24. The second kappa shape index (κ2) is 6.59. The van der Waals surface area contributed by atoms with Gasteiger partial charge in [0.05, 0.1) is 6.10 Å². The van der Waals surface area contributed by atoms with Gasteiger partial charge in [0.1, 0.15) is 0 Å². The lowest BCUT2D eigenvalue weighted by Crippen LogP contribution is -2.05. The van der Waals surface area contributed by atoms with Crippen LogP contribution in [0.4, 0.5) is 0 Å². The van der Waals surface area contributed by atoms with Gasteiger partial charge in [0.25, 0.3) is 0 Å². The van der Waals surface area contributed by atoms with Gasteiger partial charge in [-0.05, 0) is 53.1 Å². The van der Waals surface area contributed by atoms with E-state index in [-0.39, 0.29) is 6.10 Å². The Labute approximate surface area is 98.3 Å². The summed E-state index contributed by atoms with van der Waals surface area (Å²) < 4.78 is 1.22. The minimum Gasteiger partial charge on any atom is -0.393 e. The molecule has 0 saturated heterocycles. The van der Waals surface area contributed by atoms with Crippen molar-refractivity contribution in [3.63, 3.8) is 0 Å². The van der Waals surface area contributed by atoms with Gasteiger partial charge in [-0.3, -0.25) is 0 Å². The van der Waals surface area contributed by atoms with E-state index in [1.54, 1.807) is 11.3 Å². The molecular formula is C11H17BrOS. The molecule has 1 aromatic rings. The van der Waals surface area contributed by atoms with Crippen molar-refractivity contribution in [3.05, 3.63) is 20.8 Å². The fourth-order valence-electron chi connectivity index (χ4n) is 1.48. The fourth-order valence-corrected chi connectivity index (χ4v) is 3.08. The van der Waals surface area contributed by atoms with Crippen LogP contribution < -0.4 is 0 Å². The van der Waals surface area contributed by atoms with Gasteiger partial charge in [0.15, 0.2) is 0 Å². The van der Waals surface area contributed by atoms with Crippen LogP contribution in [0.15, 0.2) is 15.9 Å². The molecule has 1 N–H and O–H groups in total. The molecule has 3 heteroatoms. The van der Waals surface area contributed by atoms with E-state index in [0.717, 1.165) is 32.1 Å². The van der Waals surface area contributed by atoms with E-state index in [9.17, 15) is 5.11 Å². The van der Waals surface area contributed by atoms with Crippen LogP contribution in [0.3, 0.4) is 0 Å². The summed E-state index contributed by atoms with van der Waals surface area (Å²) in [5.74, 6) is 0.